The molecule has 16 heavy (non-hydrogen) atoms. The van der Waals surface area contributed by atoms with Crippen LogP contribution in [0.4, 0.5) is 0 Å². The fourth-order valence-corrected chi connectivity index (χ4v) is 3.44. The molecule has 2 rings (SSSR count). The molecule has 0 spiro atoms. The van der Waals surface area contributed by atoms with Gasteiger partial charge in [-0.05, 0) is 48.9 Å². The van der Waals surface area contributed by atoms with Gasteiger partial charge in [-0.15, -0.1) is 0 Å². The van der Waals surface area contributed by atoms with Gasteiger partial charge in [-0.2, -0.15) is 0 Å². The lowest BCUT2D eigenvalue weighted by molar-refractivity contribution is 0.00310. The molecule has 1 N–H and O–H groups in total. The van der Waals surface area contributed by atoms with Crippen molar-refractivity contribution < 1.29 is 5.11 Å². The van der Waals surface area contributed by atoms with Gasteiger partial charge >= 0.3 is 0 Å². The van der Waals surface area contributed by atoms with Crippen molar-refractivity contribution in [2.24, 2.45) is 23.2 Å². The van der Waals surface area contributed by atoms with E-state index in [0.29, 0.717) is 11.3 Å². The molecule has 3 unspecified atom stereocenters. The molecular formula is C15H28O. The Hall–Kier alpha value is -0.0400. The molecule has 2 aliphatic rings. The van der Waals surface area contributed by atoms with Crippen LogP contribution in [0.25, 0.3) is 0 Å². The third-order valence-electron chi connectivity index (χ3n) is 5.03. The normalized spacial score (nSPS) is 37.1. The van der Waals surface area contributed by atoms with Crippen LogP contribution >= 0.6 is 0 Å². The first kappa shape index (κ1) is 12.4. The SMILES string of the molecule is CC(C)(C)C1CCC(O)C(CC2CCC2)C1. The highest BCUT2D eigenvalue weighted by atomic mass is 16.3. The Labute approximate surface area is 101 Å². The van der Waals surface area contributed by atoms with Crippen LogP contribution in [-0.2, 0) is 0 Å². The third-order valence-corrected chi connectivity index (χ3v) is 5.03. The number of aliphatic hydroxyl groups excluding tert-OH is 1. The number of aliphatic hydroxyl groups is 1. The molecule has 1 heteroatoms. The summed E-state index contributed by atoms with van der Waals surface area (Å²) in [5.41, 5.74) is 0.429. The summed E-state index contributed by atoms with van der Waals surface area (Å²) in [5, 5.41) is 10.1. The molecule has 0 aromatic rings. The van der Waals surface area contributed by atoms with Crippen molar-refractivity contribution in [2.45, 2.75) is 71.8 Å². The average Bonchev–Trinajstić information content (AvgIpc) is 2.11. The van der Waals surface area contributed by atoms with Crippen LogP contribution in [0.1, 0.15) is 65.7 Å². The number of rotatable bonds is 2. The second kappa shape index (κ2) is 4.68. The van der Waals surface area contributed by atoms with Gasteiger partial charge in [0.2, 0.25) is 0 Å². The Balaban J connectivity index is 1.89. The zero-order valence-electron chi connectivity index (χ0n) is 11.2. The van der Waals surface area contributed by atoms with E-state index in [1.807, 2.05) is 0 Å². The maximum absolute atomic E-state index is 10.1. The molecule has 0 aromatic heterocycles. The Kier molecular flexibility index (Phi) is 3.63. The van der Waals surface area contributed by atoms with E-state index in [0.717, 1.165) is 18.3 Å². The molecule has 0 amide bonds. The van der Waals surface area contributed by atoms with Crippen molar-refractivity contribution in [1.29, 1.82) is 0 Å². The maximum atomic E-state index is 10.1. The van der Waals surface area contributed by atoms with E-state index in [1.165, 1.54) is 38.5 Å². The van der Waals surface area contributed by atoms with E-state index in [4.69, 9.17) is 0 Å². The van der Waals surface area contributed by atoms with E-state index < -0.39 is 0 Å². The molecule has 0 aromatic carbocycles. The van der Waals surface area contributed by atoms with Crippen molar-refractivity contribution in [3.8, 4) is 0 Å². The lowest BCUT2D eigenvalue weighted by atomic mass is 9.65. The molecule has 2 saturated carbocycles. The second-order valence-corrected chi connectivity index (χ2v) is 7.24. The molecule has 2 fully saturated rings. The largest absolute Gasteiger partial charge is 0.393 e. The van der Waals surface area contributed by atoms with Gasteiger partial charge in [0.05, 0.1) is 6.10 Å². The molecule has 2 aliphatic carbocycles. The van der Waals surface area contributed by atoms with Crippen LogP contribution in [0.15, 0.2) is 0 Å². The van der Waals surface area contributed by atoms with Crippen LogP contribution in [0.5, 0.6) is 0 Å². The predicted molar refractivity (Wildman–Crippen MR) is 68.3 cm³/mol. The predicted octanol–water partition coefficient (Wildman–Crippen LogP) is 4.00. The van der Waals surface area contributed by atoms with Gasteiger partial charge in [0.15, 0.2) is 0 Å². The minimum atomic E-state index is -0.000741. The zero-order chi connectivity index (χ0) is 11.8. The van der Waals surface area contributed by atoms with Crippen molar-refractivity contribution in [1.82, 2.24) is 0 Å². The summed E-state index contributed by atoms with van der Waals surface area (Å²) in [6.07, 6.45) is 9.10. The highest BCUT2D eigenvalue weighted by Crippen LogP contribution is 2.44. The fourth-order valence-electron chi connectivity index (χ4n) is 3.44. The van der Waals surface area contributed by atoms with Crippen LogP contribution in [0.3, 0.4) is 0 Å². The average molecular weight is 224 g/mol. The molecule has 0 bridgehead atoms. The Morgan fingerprint density at radius 3 is 2.25 bits per heavy atom. The molecule has 0 heterocycles. The first-order chi connectivity index (χ1) is 7.47. The summed E-state index contributed by atoms with van der Waals surface area (Å²) in [7, 11) is 0. The summed E-state index contributed by atoms with van der Waals surface area (Å²) < 4.78 is 0. The molecular weight excluding hydrogens is 196 g/mol. The van der Waals surface area contributed by atoms with Gasteiger partial charge in [0.1, 0.15) is 0 Å². The minimum absolute atomic E-state index is 0.000741. The number of hydrogen-bond acceptors (Lipinski definition) is 1. The summed E-state index contributed by atoms with van der Waals surface area (Å²) >= 11 is 0. The van der Waals surface area contributed by atoms with Crippen LogP contribution in [0.2, 0.25) is 0 Å². The monoisotopic (exact) mass is 224 g/mol. The summed E-state index contributed by atoms with van der Waals surface area (Å²) in [4.78, 5) is 0. The molecule has 0 saturated heterocycles. The van der Waals surface area contributed by atoms with E-state index in [2.05, 4.69) is 20.8 Å². The molecule has 0 radical (unpaired) electrons. The van der Waals surface area contributed by atoms with Crippen molar-refractivity contribution in [3.63, 3.8) is 0 Å². The maximum Gasteiger partial charge on any atom is 0.0568 e. The number of hydrogen-bond donors (Lipinski definition) is 1. The standard InChI is InChI=1S/C15H28O/c1-15(2,3)13-7-8-14(16)12(10-13)9-11-5-4-6-11/h11-14,16H,4-10H2,1-3H3. The lowest BCUT2D eigenvalue weighted by Gasteiger charge is -2.42. The Bertz CT molecular complexity index is 224. The summed E-state index contributed by atoms with van der Waals surface area (Å²) in [6.45, 7) is 7.07. The van der Waals surface area contributed by atoms with Crippen LogP contribution < -0.4 is 0 Å². The minimum Gasteiger partial charge on any atom is -0.393 e. The van der Waals surface area contributed by atoms with Crippen molar-refractivity contribution >= 4 is 0 Å². The molecule has 1 nitrogen and oxygen atoms in total. The first-order valence-corrected chi connectivity index (χ1v) is 7.15. The zero-order valence-corrected chi connectivity index (χ0v) is 11.2. The van der Waals surface area contributed by atoms with Gasteiger partial charge in [-0.25, -0.2) is 0 Å². The molecule has 3 atom stereocenters. The van der Waals surface area contributed by atoms with Gasteiger partial charge in [0.25, 0.3) is 0 Å². The summed E-state index contributed by atoms with van der Waals surface area (Å²) in [5.74, 6) is 2.36. The smallest absolute Gasteiger partial charge is 0.0568 e. The van der Waals surface area contributed by atoms with Gasteiger partial charge in [0, 0.05) is 0 Å². The molecule has 0 aliphatic heterocycles. The van der Waals surface area contributed by atoms with Crippen molar-refractivity contribution in [3.05, 3.63) is 0 Å². The van der Waals surface area contributed by atoms with Gasteiger partial charge in [-0.1, -0.05) is 40.0 Å². The first-order valence-electron chi connectivity index (χ1n) is 7.15. The van der Waals surface area contributed by atoms with Gasteiger partial charge < -0.3 is 5.11 Å². The topological polar surface area (TPSA) is 20.2 Å². The highest BCUT2D eigenvalue weighted by molar-refractivity contribution is 4.87. The highest BCUT2D eigenvalue weighted by Gasteiger charge is 2.36. The quantitative estimate of drug-likeness (QED) is 0.751. The Morgan fingerprint density at radius 2 is 1.75 bits per heavy atom. The lowest BCUT2D eigenvalue weighted by Crippen LogP contribution is -2.36. The third kappa shape index (κ3) is 2.80. The van der Waals surface area contributed by atoms with E-state index in [-0.39, 0.29) is 6.10 Å². The van der Waals surface area contributed by atoms with Crippen molar-refractivity contribution in [2.75, 3.05) is 0 Å². The van der Waals surface area contributed by atoms with Gasteiger partial charge in [-0.3, -0.25) is 0 Å². The fraction of sp³-hybridized carbons (Fsp3) is 1.00. The van der Waals surface area contributed by atoms with E-state index in [1.54, 1.807) is 0 Å². The second-order valence-electron chi connectivity index (χ2n) is 7.24. The Morgan fingerprint density at radius 1 is 1.06 bits per heavy atom. The molecule has 94 valence electrons. The van der Waals surface area contributed by atoms with Crippen LogP contribution in [0, 0.1) is 23.2 Å². The van der Waals surface area contributed by atoms with E-state index in [9.17, 15) is 5.11 Å². The summed E-state index contributed by atoms with van der Waals surface area (Å²) in [6, 6.07) is 0. The van der Waals surface area contributed by atoms with Crippen LogP contribution in [-0.4, -0.2) is 11.2 Å². The van der Waals surface area contributed by atoms with E-state index >= 15 is 0 Å².